The lowest BCUT2D eigenvalue weighted by Gasteiger charge is -2.12. The van der Waals surface area contributed by atoms with E-state index in [0.717, 1.165) is 17.6 Å². The van der Waals surface area contributed by atoms with Crippen LogP contribution in [0.15, 0.2) is 40.1 Å². The maximum absolute atomic E-state index is 12.4. The van der Waals surface area contributed by atoms with Gasteiger partial charge >= 0.3 is 11.9 Å². The first-order valence-electron chi connectivity index (χ1n) is 8.32. The number of thiazole rings is 1. The van der Waals surface area contributed by atoms with Gasteiger partial charge in [0.15, 0.2) is 14.6 Å². The molecule has 0 aliphatic carbocycles. The Balaban J connectivity index is 2.12. The second-order valence-electron chi connectivity index (χ2n) is 5.80. The lowest BCUT2D eigenvalue weighted by atomic mass is 10.3. The van der Waals surface area contributed by atoms with Crippen LogP contribution in [0.25, 0.3) is 10.2 Å². The van der Waals surface area contributed by atoms with Gasteiger partial charge in [0.1, 0.15) is 26.0 Å². The zero-order valence-corrected chi connectivity index (χ0v) is 16.8. The van der Waals surface area contributed by atoms with Crippen molar-refractivity contribution in [3.8, 4) is 0 Å². The van der Waals surface area contributed by atoms with Crippen LogP contribution < -0.4 is 4.80 Å². The minimum Gasteiger partial charge on any atom is -0.494 e. The molecule has 1 aromatic carbocycles. The summed E-state index contributed by atoms with van der Waals surface area (Å²) in [5.41, 5.74) is 0.562. The highest BCUT2D eigenvalue weighted by atomic mass is 32.2. The van der Waals surface area contributed by atoms with Crippen molar-refractivity contribution in [2.24, 2.45) is 4.99 Å². The zero-order valence-electron chi connectivity index (χ0n) is 15.2. The number of carbonyl (C=O) groups excluding carboxylic acids is 2. The molecule has 150 valence electrons. The molecule has 1 aromatic heterocycles. The van der Waals surface area contributed by atoms with Crippen LogP contribution in [0.1, 0.15) is 6.92 Å². The Hall–Kier alpha value is -2.66. The van der Waals surface area contributed by atoms with E-state index in [-0.39, 0.29) is 35.2 Å². The molecule has 3 rings (SSSR count). The van der Waals surface area contributed by atoms with E-state index in [1.165, 1.54) is 23.0 Å². The van der Waals surface area contributed by atoms with Crippen molar-refractivity contribution in [1.29, 1.82) is 0 Å². The van der Waals surface area contributed by atoms with Crippen molar-refractivity contribution >= 4 is 43.3 Å². The summed E-state index contributed by atoms with van der Waals surface area (Å²) in [7, 11) is -3.41. The summed E-state index contributed by atoms with van der Waals surface area (Å²) in [5, 5.41) is 0. The normalized spacial score (nSPS) is 14.9. The van der Waals surface area contributed by atoms with Gasteiger partial charge < -0.3 is 18.8 Å². The van der Waals surface area contributed by atoms with Crippen molar-refractivity contribution in [3.63, 3.8) is 0 Å². The van der Waals surface area contributed by atoms with Crippen LogP contribution in [-0.4, -0.2) is 50.9 Å². The zero-order chi connectivity index (χ0) is 20.3. The van der Waals surface area contributed by atoms with Gasteiger partial charge in [0.05, 0.1) is 21.7 Å². The first kappa shape index (κ1) is 20.1. The van der Waals surface area contributed by atoms with Crippen LogP contribution in [0.4, 0.5) is 0 Å². The number of hydrogen-bond donors (Lipinski definition) is 0. The van der Waals surface area contributed by atoms with Crippen LogP contribution in [0.5, 0.6) is 0 Å². The Morgan fingerprint density at radius 1 is 1.32 bits per heavy atom. The van der Waals surface area contributed by atoms with Gasteiger partial charge in [0.25, 0.3) is 0 Å². The molecular formula is C17H18N2O7S2. The van der Waals surface area contributed by atoms with E-state index >= 15 is 0 Å². The molecule has 0 N–H and O–H groups in total. The Kier molecular flexibility index (Phi) is 5.84. The van der Waals surface area contributed by atoms with Crippen molar-refractivity contribution < 1.29 is 32.2 Å². The van der Waals surface area contributed by atoms with Gasteiger partial charge in [-0.05, 0) is 25.1 Å². The summed E-state index contributed by atoms with van der Waals surface area (Å²) in [4.78, 5) is 28.8. The number of fused-ring (bicyclic) bond motifs is 1. The molecule has 0 saturated heterocycles. The quantitative estimate of drug-likeness (QED) is 0.655. The molecule has 2 aromatic rings. The van der Waals surface area contributed by atoms with Gasteiger partial charge in [0.2, 0.25) is 5.76 Å². The summed E-state index contributed by atoms with van der Waals surface area (Å²) >= 11 is 1.09. The largest absolute Gasteiger partial charge is 0.494 e. The highest BCUT2D eigenvalue weighted by molar-refractivity contribution is 7.90. The molecule has 0 spiro atoms. The van der Waals surface area contributed by atoms with Gasteiger partial charge in [-0.3, -0.25) is 9.59 Å². The van der Waals surface area contributed by atoms with Crippen LogP contribution in [-0.2, 0) is 40.2 Å². The van der Waals surface area contributed by atoms with Gasteiger partial charge in [-0.15, -0.1) is 0 Å². The Morgan fingerprint density at radius 2 is 2.11 bits per heavy atom. The Labute approximate surface area is 164 Å². The molecule has 1 aliphatic rings. The molecule has 0 bridgehead atoms. The van der Waals surface area contributed by atoms with Crippen molar-refractivity contribution in [1.82, 2.24) is 4.57 Å². The SMILES string of the molecule is CCOC(=O)Cn1c(=NC(=O)C2=COCCO2)sc2cc(S(C)(=O)=O)ccc21. The Morgan fingerprint density at radius 3 is 2.75 bits per heavy atom. The van der Waals surface area contributed by atoms with Crippen molar-refractivity contribution in [2.75, 3.05) is 26.1 Å². The molecule has 28 heavy (non-hydrogen) atoms. The fourth-order valence-electron chi connectivity index (χ4n) is 2.48. The summed E-state index contributed by atoms with van der Waals surface area (Å²) in [6.07, 6.45) is 2.30. The third-order valence-electron chi connectivity index (χ3n) is 3.73. The van der Waals surface area contributed by atoms with Gasteiger partial charge in [-0.1, -0.05) is 11.3 Å². The lowest BCUT2D eigenvalue weighted by molar-refractivity contribution is -0.143. The second-order valence-corrected chi connectivity index (χ2v) is 8.82. The van der Waals surface area contributed by atoms with Gasteiger partial charge in [-0.25, -0.2) is 8.42 Å². The van der Waals surface area contributed by atoms with E-state index in [1.807, 2.05) is 0 Å². The number of rotatable bonds is 5. The molecule has 0 unspecified atom stereocenters. The number of ether oxygens (including phenoxy) is 3. The number of aromatic nitrogens is 1. The lowest BCUT2D eigenvalue weighted by Crippen LogP contribution is -2.24. The monoisotopic (exact) mass is 426 g/mol. The highest BCUT2D eigenvalue weighted by Gasteiger charge is 2.18. The summed E-state index contributed by atoms with van der Waals surface area (Å²) < 4.78 is 41.0. The molecule has 0 fully saturated rings. The average Bonchev–Trinajstić information content (AvgIpc) is 2.98. The maximum Gasteiger partial charge on any atom is 0.326 e. The highest BCUT2D eigenvalue weighted by Crippen LogP contribution is 2.22. The van der Waals surface area contributed by atoms with Crippen molar-refractivity contribution in [3.05, 3.63) is 35.0 Å². The molecular weight excluding hydrogens is 408 g/mol. The summed E-state index contributed by atoms with van der Waals surface area (Å²) in [6.45, 7) is 2.31. The maximum atomic E-state index is 12.4. The first-order valence-corrected chi connectivity index (χ1v) is 11.0. The molecule has 9 nitrogen and oxygen atoms in total. The van der Waals surface area contributed by atoms with Crippen LogP contribution in [0.3, 0.4) is 0 Å². The van der Waals surface area contributed by atoms with E-state index in [9.17, 15) is 18.0 Å². The standard InChI is InChI=1S/C17H18N2O7S2/c1-3-25-15(20)9-19-12-5-4-11(28(2,22)23)8-14(12)27-17(19)18-16(21)13-10-24-6-7-26-13/h4-5,8,10H,3,6-7,9H2,1-2H3. The minimum absolute atomic E-state index is 0.0387. The van der Waals surface area contributed by atoms with E-state index in [1.54, 1.807) is 13.0 Å². The third kappa shape index (κ3) is 4.42. The topological polar surface area (TPSA) is 113 Å². The molecule has 0 radical (unpaired) electrons. The average molecular weight is 426 g/mol. The van der Waals surface area contributed by atoms with Gasteiger partial charge in [0, 0.05) is 6.26 Å². The predicted octanol–water partition coefficient (Wildman–Crippen LogP) is 0.985. The van der Waals surface area contributed by atoms with Gasteiger partial charge in [-0.2, -0.15) is 4.99 Å². The molecule has 11 heteroatoms. The number of nitrogens with zero attached hydrogens (tertiary/aromatic N) is 2. The second kappa shape index (κ2) is 8.15. The van der Waals surface area contributed by atoms with Crippen LogP contribution in [0.2, 0.25) is 0 Å². The molecule has 1 amide bonds. The third-order valence-corrected chi connectivity index (χ3v) is 5.88. The first-order chi connectivity index (χ1) is 13.3. The number of benzene rings is 1. The fourth-order valence-corrected chi connectivity index (χ4v) is 4.27. The number of amides is 1. The number of hydrogen-bond acceptors (Lipinski definition) is 8. The predicted molar refractivity (Wildman–Crippen MR) is 100 cm³/mol. The van der Waals surface area contributed by atoms with E-state index < -0.39 is 21.7 Å². The number of sulfone groups is 1. The number of carbonyl (C=O) groups is 2. The summed E-state index contributed by atoms with van der Waals surface area (Å²) in [5.74, 6) is -1.20. The Bertz CT molecular complexity index is 1130. The van der Waals surface area contributed by atoms with Crippen LogP contribution in [0, 0.1) is 0 Å². The number of esters is 1. The smallest absolute Gasteiger partial charge is 0.326 e. The minimum atomic E-state index is -3.41. The van der Waals surface area contributed by atoms with Crippen molar-refractivity contribution in [2.45, 2.75) is 18.4 Å². The molecule has 2 heterocycles. The summed E-state index contributed by atoms with van der Waals surface area (Å²) in [6, 6.07) is 4.50. The van der Waals surface area contributed by atoms with E-state index in [4.69, 9.17) is 14.2 Å². The fraction of sp³-hybridized carbons (Fsp3) is 0.353. The molecule has 0 atom stereocenters. The molecule has 0 saturated carbocycles. The van der Waals surface area contributed by atoms with Crippen LogP contribution >= 0.6 is 11.3 Å². The van der Waals surface area contributed by atoms with E-state index in [0.29, 0.717) is 16.8 Å². The van der Waals surface area contributed by atoms with E-state index in [2.05, 4.69) is 4.99 Å². The molecule has 1 aliphatic heterocycles.